The van der Waals surface area contributed by atoms with Gasteiger partial charge >= 0.3 is 6.03 Å². The van der Waals surface area contributed by atoms with Crippen LogP contribution < -0.4 is 10.2 Å². The Balaban J connectivity index is 2.04. The van der Waals surface area contributed by atoms with Crippen molar-refractivity contribution in [2.75, 3.05) is 16.5 Å². The molecule has 0 saturated carbocycles. The van der Waals surface area contributed by atoms with E-state index in [1.54, 1.807) is 42.7 Å². The highest BCUT2D eigenvalue weighted by atomic mass is 32.2. The van der Waals surface area contributed by atoms with Crippen LogP contribution in [0, 0.1) is 3.95 Å². The summed E-state index contributed by atoms with van der Waals surface area (Å²) < 4.78 is 25.7. The molecule has 0 aliphatic carbocycles. The Morgan fingerprint density at radius 1 is 1.31 bits per heavy atom. The van der Waals surface area contributed by atoms with E-state index in [1.165, 1.54) is 23.2 Å². The lowest BCUT2D eigenvalue weighted by atomic mass is 10.2. The molecule has 26 heavy (non-hydrogen) atoms. The number of nitrogens with one attached hydrogen (secondary N) is 2. The molecule has 2 amide bonds. The average Bonchev–Trinajstić information content (AvgIpc) is 2.94. The number of amides is 2. The number of pyridine rings is 1. The largest absolute Gasteiger partial charge is 0.337 e. The molecule has 1 unspecified atom stereocenters. The molecular weight excluding hydrogens is 392 g/mol. The van der Waals surface area contributed by atoms with Gasteiger partial charge in [-0.2, -0.15) is 0 Å². The number of rotatable bonds is 4. The maximum absolute atomic E-state index is 12.8. The topological polar surface area (TPSA) is 95.2 Å². The number of aromatic nitrogens is 2. The second-order valence-corrected chi connectivity index (χ2v) is 9.72. The minimum atomic E-state index is -3.51. The van der Waals surface area contributed by atoms with E-state index in [4.69, 9.17) is 12.2 Å². The molecule has 0 bridgehead atoms. The molecule has 7 nitrogen and oxygen atoms in total. The summed E-state index contributed by atoms with van der Waals surface area (Å²) in [5.41, 5.74) is 1.83. The van der Waals surface area contributed by atoms with Crippen LogP contribution in [-0.4, -0.2) is 36.0 Å². The summed E-state index contributed by atoms with van der Waals surface area (Å²) >= 11 is 6.50. The van der Waals surface area contributed by atoms with E-state index >= 15 is 0 Å². The van der Waals surface area contributed by atoms with Gasteiger partial charge in [-0.3, -0.25) is 9.88 Å². The van der Waals surface area contributed by atoms with Crippen LogP contribution in [0.2, 0.25) is 0 Å². The molecule has 2 heterocycles. The van der Waals surface area contributed by atoms with Crippen molar-refractivity contribution in [2.45, 2.75) is 12.3 Å². The lowest BCUT2D eigenvalue weighted by Crippen LogP contribution is -2.45. The molecule has 0 aliphatic heterocycles. The van der Waals surface area contributed by atoms with Gasteiger partial charge in [0, 0.05) is 30.0 Å². The smallest absolute Gasteiger partial charge is 0.327 e. The predicted molar refractivity (Wildman–Crippen MR) is 107 cm³/mol. The monoisotopic (exact) mass is 408 g/mol. The number of carbonyl (C=O) groups is 1. The Kier molecular flexibility index (Phi) is 5.08. The summed E-state index contributed by atoms with van der Waals surface area (Å²) in [4.78, 5) is 21.0. The zero-order valence-corrected chi connectivity index (χ0v) is 16.4. The number of carbonyl (C=O) groups excluding carboxylic acids is 1. The fourth-order valence-corrected chi connectivity index (χ4v) is 4.14. The molecule has 1 aromatic carbocycles. The van der Waals surface area contributed by atoms with Gasteiger partial charge in [0.05, 0.1) is 10.2 Å². The number of thiazole rings is 1. The first-order chi connectivity index (χ1) is 12.3. The molecule has 3 aromatic rings. The van der Waals surface area contributed by atoms with E-state index in [1.807, 2.05) is 0 Å². The van der Waals surface area contributed by atoms with Gasteiger partial charge in [-0.25, -0.2) is 13.2 Å². The normalized spacial score (nSPS) is 12.7. The van der Waals surface area contributed by atoms with Crippen LogP contribution in [0.15, 0.2) is 42.7 Å². The van der Waals surface area contributed by atoms with E-state index < -0.39 is 21.2 Å². The molecule has 10 heteroatoms. The van der Waals surface area contributed by atoms with Gasteiger partial charge in [0.2, 0.25) is 0 Å². The van der Waals surface area contributed by atoms with Gasteiger partial charge in [-0.1, -0.05) is 0 Å². The minimum absolute atomic E-state index is 0.465. The number of urea groups is 1. The first-order valence-corrected chi connectivity index (χ1v) is 10.8. The quantitative estimate of drug-likeness (QED) is 0.641. The number of aromatic amines is 1. The number of H-pyrrole nitrogens is 1. The van der Waals surface area contributed by atoms with E-state index in [9.17, 15) is 13.2 Å². The molecule has 0 saturated heterocycles. The molecule has 2 aromatic heterocycles. The Morgan fingerprint density at radius 2 is 2.00 bits per heavy atom. The Bertz CT molecular complexity index is 1110. The number of nitrogens with zero attached hydrogens (tertiary/aromatic N) is 2. The first-order valence-electron chi connectivity index (χ1n) is 7.57. The van der Waals surface area contributed by atoms with Crippen LogP contribution in [0.3, 0.4) is 0 Å². The predicted octanol–water partition coefficient (Wildman–Crippen LogP) is 3.78. The summed E-state index contributed by atoms with van der Waals surface area (Å²) in [6.45, 7) is 1.48. The molecule has 0 aliphatic rings. The van der Waals surface area contributed by atoms with Crippen LogP contribution in [0.5, 0.6) is 0 Å². The van der Waals surface area contributed by atoms with Crippen LogP contribution >= 0.6 is 23.6 Å². The van der Waals surface area contributed by atoms with Crippen LogP contribution in [-0.2, 0) is 9.84 Å². The number of hydrogen-bond donors (Lipinski definition) is 2. The standard InChI is InChI=1S/C16H16N4O3S3/c1-10(26(2,22)23)20(15(21)18-11-5-7-17-8-6-11)12-3-4-13-14(9-12)25-16(24)19-13/h3-10H,1-2H3,(H,19,24)(H,17,18,21). The number of anilines is 2. The molecule has 3 rings (SSSR count). The SMILES string of the molecule is CC(N(C(=O)Nc1ccncc1)c1ccc2[nH]c(=S)sc2c1)S(C)(=O)=O. The molecule has 0 fully saturated rings. The molecule has 1 atom stereocenters. The summed E-state index contributed by atoms with van der Waals surface area (Å²) in [5, 5.41) is 1.66. The number of fused-ring (bicyclic) bond motifs is 1. The van der Waals surface area contributed by atoms with Gasteiger partial charge in [0.1, 0.15) is 5.37 Å². The van der Waals surface area contributed by atoms with Crippen molar-refractivity contribution in [3.8, 4) is 0 Å². The zero-order valence-electron chi connectivity index (χ0n) is 14.0. The van der Waals surface area contributed by atoms with Crippen LogP contribution in [0.1, 0.15) is 6.92 Å². The third-order valence-electron chi connectivity index (χ3n) is 3.82. The number of hydrogen-bond acceptors (Lipinski definition) is 6. The second kappa shape index (κ2) is 7.14. The maximum atomic E-state index is 12.8. The van der Waals surface area contributed by atoms with Crippen molar-refractivity contribution < 1.29 is 13.2 Å². The van der Waals surface area contributed by atoms with Crippen molar-refractivity contribution in [1.29, 1.82) is 0 Å². The highest BCUT2D eigenvalue weighted by Gasteiger charge is 2.29. The molecule has 136 valence electrons. The molecule has 0 radical (unpaired) electrons. The maximum Gasteiger partial charge on any atom is 0.327 e. The highest BCUT2D eigenvalue weighted by Crippen LogP contribution is 2.28. The van der Waals surface area contributed by atoms with Crippen molar-refractivity contribution in [3.63, 3.8) is 0 Å². The fraction of sp³-hybridized carbons (Fsp3) is 0.188. The zero-order chi connectivity index (χ0) is 18.9. The Labute approximate surface area is 159 Å². The lowest BCUT2D eigenvalue weighted by molar-refractivity contribution is 0.256. The van der Waals surface area contributed by atoms with E-state index in [-0.39, 0.29) is 0 Å². The molecule has 2 N–H and O–H groups in total. The third kappa shape index (κ3) is 3.92. The highest BCUT2D eigenvalue weighted by molar-refractivity contribution is 7.91. The average molecular weight is 409 g/mol. The van der Waals surface area contributed by atoms with E-state index in [0.29, 0.717) is 15.3 Å². The summed E-state index contributed by atoms with van der Waals surface area (Å²) in [5.74, 6) is 0. The Hall–Kier alpha value is -2.30. The van der Waals surface area contributed by atoms with Crippen molar-refractivity contribution in [3.05, 3.63) is 46.7 Å². The van der Waals surface area contributed by atoms with Crippen LogP contribution in [0.4, 0.5) is 16.2 Å². The van der Waals surface area contributed by atoms with Crippen LogP contribution in [0.25, 0.3) is 10.2 Å². The van der Waals surface area contributed by atoms with Crippen molar-refractivity contribution in [2.24, 2.45) is 0 Å². The minimum Gasteiger partial charge on any atom is -0.337 e. The fourth-order valence-electron chi connectivity index (χ4n) is 2.39. The summed E-state index contributed by atoms with van der Waals surface area (Å²) in [6.07, 6.45) is 4.18. The Morgan fingerprint density at radius 3 is 2.65 bits per heavy atom. The van der Waals surface area contributed by atoms with Gasteiger partial charge in [0.25, 0.3) is 0 Å². The van der Waals surface area contributed by atoms with Gasteiger partial charge in [0.15, 0.2) is 13.8 Å². The van der Waals surface area contributed by atoms with Crippen molar-refractivity contribution in [1.82, 2.24) is 9.97 Å². The van der Waals surface area contributed by atoms with E-state index in [0.717, 1.165) is 16.5 Å². The summed E-state index contributed by atoms with van der Waals surface area (Å²) in [6, 6.07) is 7.92. The number of benzene rings is 1. The van der Waals surface area contributed by atoms with Gasteiger partial charge in [-0.05, 0) is 49.5 Å². The van der Waals surface area contributed by atoms with Crippen molar-refractivity contribution >= 4 is 61.0 Å². The third-order valence-corrected chi connectivity index (χ3v) is 6.46. The molecular formula is C16H16N4O3S3. The first kappa shape index (κ1) is 18.5. The second-order valence-electron chi connectivity index (χ2n) is 5.66. The van der Waals surface area contributed by atoms with E-state index in [2.05, 4.69) is 15.3 Å². The summed E-state index contributed by atoms with van der Waals surface area (Å²) in [7, 11) is -3.51. The molecule has 0 spiro atoms. The van der Waals surface area contributed by atoms with Gasteiger partial charge in [-0.15, -0.1) is 11.3 Å². The van der Waals surface area contributed by atoms with Gasteiger partial charge < -0.3 is 10.3 Å². The lowest BCUT2D eigenvalue weighted by Gasteiger charge is -2.28. The number of sulfone groups is 1.